The molecule has 1 amide bonds. The summed E-state index contributed by atoms with van der Waals surface area (Å²) in [7, 11) is 0. The molecular weight excluding hydrogens is 364 g/mol. The molecular formula is C21H23ClN2O3. The third-order valence-electron chi connectivity index (χ3n) is 4.67. The van der Waals surface area contributed by atoms with Crippen molar-refractivity contribution in [2.45, 2.75) is 13.5 Å². The van der Waals surface area contributed by atoms with Crippen LogP contribution in [0.15, 0.2) is 48.5 Å². The van der Waals surface area contributed by atoms with Gasteiger partial charge in [-0.25, -0.2) is 0 Å². The number of piperazine rings is 1. The molecule has 1 heterocycles. The Morgan fingerprint density at radius 3 is 2.19 bits per heavy atom. The molecule has 0 radical (unpaired) electrons. The van der Waals surface area contributed by atoms with E-state index in [1.807, 2.05) is 29.2 Å². The average molecular weight is 387 g/mol. The van der Waals surface area contributed by atoms with Crippen molar-refractivity contribution < 1.29 is 14.3 Å². The summed E-state index contributed by atoms with van der Waals surface area (Å²) in [6, 6.07) is 14.7. The molecule has 1 fully saturated rings. The number of ether oxygens (including phenoxy) is 1. The average Bonchev–Trinajstić information content (AvgIpc) is 2.69. The summed E-state index contributed by atoms with van der Waals surface area (Å²) in [6.07, 6.45) is 0. The van der Waals surface area contributed by atoms with Gasteiger partial charge in [0.15, 0.2) is 12.4 Å². The minimum absolute atomic E-state index is 0.00842. The number of carbonyl (C=O) groups excluding carboxylic acids is 2. The van der Waals surface area contributed by atoms with Crippen LogP contribution < -0.4 is 4.74 Å². The first-order chi connectivity index (χ1) is 13.0. The summed E-state index contributed by atoms with van der Waals surface area (Å²) >= 11 is 5.92. The number of rotatable bonds is 6. The number of benzene rings is 2. The number of nitrogens with zero attached hydrogens (tertiary/aromatic N) is 2. The summed E-state index contributed by atoms with van der Waals surface area (Å²) in [6.45, 7) is 5.45. The van der Waals surface area contributed by atoms with Crippen molar-refractivity contribution in [2.75, 3.05) is 32.8 Å². The van der Waals surface area contributed by atoms with Crippen LogP contribution in [0.4, 0.5) is 0 Å². The molecule has 0 aliphatic carbocycles. The van der Waals surface area contributed by atoms with Gasteiger partial charge in [-0.3, -0.25) is 14.5 Å². The predicted molar refractivity (Wildman–Crippen MR) is 105 cm³/mol. The van der Waals surface area contributed by atoms with Crippen LogP contribution in [0.5, 0.6) is 5.75 Å². The predicted octanol–water partition coefficient (Wildman–Crippen LogP) is 3.27. The Morgan fingerprint density at radius 1 is 0.963 bits per heavy atom. The lowest BCUT2D eigenvalue weighted by Crippen LogP contribution is -2.49. The SMILES string of the molecule is CC(=O)c1ccc(OCC(=O)N2CCN(Cc3ccc(Cl)cc3)CC2)cc1. The van der Waals surface area contributed by atoms with Gasteiger partial charge in [-0.1, -0.05) is 23.7 Å². The van der Waals surface area contributed by atoms with Gasteiger partial charge in [0.05, 0.1) is 0 Å². The molecule has 2 aromatic carbocycles. The van der Waals surface area contributed by atoms with Crippen molar-refractivity contribution in [3.05, 3.63) is 64.7 Å². The summed E-state index contributed by atoms with van der Waals surface area (Å²) < 4.78 is 5.56. The van der Waals surface area contributed by atoms with E-state index >= 15 is 0 Å². The van der Waals surface area contributed by atoms with Gasteiger partial charge in [0, 0.05) is 43.3 Å². The number of halogens is 1. The van der Waals surface area contributed by atoms with Gasteiger partial charge in [-0.05, 0) is 48.9 Å². The van der Waals surface area contributed by atoms with E-state index in [0.717, 1.165) is 24.7 Å². The normalized spacial score (nSPS) is 14.8. The van der Waals surface area contributed by atoms with Gasteiger partial charge in [-0.2, -0.15) is 0 Å². The van der Waals surface area contributed by atoms with Gasteiger partial charge >= 0.3 is 0 Å². The third kappa shape index (κ3) is 5.55. The zero-order valence-corrected chi connectivity index (χ0v) is 16.1. The van der Waals surface area contributed by atoms with E-state index in [4.69, 9.17) is 16.3 Å². The Kier molecular flexibility index (Phi) is 6.48. The van der Waals surface area contributed by atoms with Gasteiger partial charge in [0.2, 0.25) is 0 Å². The smallest absolute Gasteiger partial charge is 0.260 e. The van der Waals surface area contributed by atoms with Crippen molar-refractivity contribution in [3.63, 3.8) is 0 Å². The highest BCUT2D eigenvalue weighted by Gasteiger charge is 2.21. The Labute approximate surface area is 164 Å². The molecule has 5 nitrogen and oxygen atoms in total. The van der Waals surface area contributed by atoms with E-state index in [9.17, 15) is 9.59 Å². The van der Waals surface area contributed by atoms with E-state index in [1.165, 1.54) is 12.5 Å². The molecule has 0 saturated carbocycles. The molecule has 6 heteroatoms. The maximum Gasteiger partial charge on any atom is 0.260 e. The topological polar surface area (TPSA) is 49.9 Å². The fourth-order valence-corrected chi connectivity index (χ4v) is 3.15. The van der Waals surface area contributed by atoms with Gasteiger partial charge in [0.25, 0.3) is 5.91 Å². The summed E-state index contributed by atoms with van der Waals surface area (Å²) in [5.74, 6) is 0.584. The zero-order valence-electron chi connectivity index (χ0n) is 15.4. The molecule has 0 spiro atoms. The van der Waals surface area contributed by atoms with Crippen LogP contribution in [0, 0.1) is 0 Å². The number of hydrogen-bond acceptors (Lipinski definition) is 4. The number of carbonyl (C=O) groups is 2. The standard InChI is InChI=1S/C21H23ClN2O3/c1-16(25)18-4-8-20(9-5-18)27-15-21(26)24-12-10-23(11-13-24)14-17-2-6-19(22)7-3-17/h2-9H,10-15H2,1H3. The second kappa shape index (κ2) is 9.02. The molecule has 0 N–H and O–H groups in total. The lowest BCUT2D eigenvalue weighted by molar-refractivity contribution is -0.135. The number of amides is 1. The highest BCUT2D eigenvalue weighted by Crippen LogP contribution is 2.14. The van der Waals surface area contributed by atoms with Gasteiger partial charge in [0.1, 0.15) is 5.75 Å². The fourth-order valence-electron chi connectivity index (χ4n) is 3.03. The largest absolute Gasteiger partial charge is 0.484 e. The Morgan fingerprint density at radius 2 is 1.59 bits per heavy atom. The van der Waals surface area contributed by atoms with Crippen LogP contribution in [-0.2, 0) is 11.3 Å². The molecule has 2 aromatic rings. The lowest BCUT2D eigenvalue weighted by atomic mass is 10.1. The highest BCUT2D eigenvalue weighted by atomic mass is 35.5. The summed E-state index contributed by atoms with van der Waals surface area (Å²) in [5, 5.41) is 0.741. The summed E-state index contributed by atoms with van der Waals surface area (Å²) in [4.78, 5) is 27.8. The van der Waals surface area contributed by atoms with E-state index in [1.54, 1.807) is 24.3 Å². The van der Waals surface area contributed by atoms with E-state index in [-0.39, 0.29) is 18.3 Å². The van der Waals surface area contributed by atoms with E-state index in [2.05, 4.69) is 4.90 Å². The van der Waals surface area contributed by atoms with Crippen LogP contribution in [-0.4, -0.2) is 54.3 Å². The summed E-state index contributed by atoms with van der Waals surface area (Å²) in [5.41, 5.74) is 1.85. The van der Waals surface area contributed by atoms with E-state index in [0.29, 0.717) is 24.4 Å². The van der Waals surface area contributed by atoms with Crippen molar-refractivity contribution in [1.29, 1.82) is 0 Å². The van der Waals surface area contributed by atoms with Gasteiger partial charge in [-0.15, -0.1) is 0 Å². The molecule has 27 heavy (non-hydrogen) atoms. The first-order valence-electron chi connectivity index (χ1n) is 8.99. The van der Waals surface area contributed by atoms with E-state index < -0.39 is 0 Å². The number of hydrogen-bond donors (Lipinski definition) is 0. The number of ketones is 1. The highest BCUT2D eigenvalue weighted by molar-refractivity contribution is 6.30. The first-order valence-corrected chi connectivity index (χ1v) is 9.37. The zero-order chi connectivity index (χ0) is 19.2. The van der Waals surface area contributed by atoms with Crippen molar-refractivity contribution in [1.82, 2.24) is 9.80 Å². The van der Waals surface area contributed by atoms with Crippen molar-refractivity contribution in [2.24, 2.45) is 0 Å². The van der Waals surface area contributed by atoms with Gasteiger partial charge < -0.3 is 9.64 Å². The minimum atomic E-state index is -0.0169. The second-order valence-corrected chi connectivity index (χ2v) is 7.09. The fraction of sp³-hybridized carbons (Fsp3) is 0.333. The molecule has 0 bridgehead atoms. The molecule has 0 aromatic heterocycles. The molecule has 0 atom stereocenters. The Bertz CT molecular complexity index is 782. The molecule has 1 aliphatic heterocycles. The lowest BCUT2D eigenvalue weighted by Gasteiger charge is -2.34. The Balaban J connectivity index is 1.42. The monoisotopic (exact) mass is 386 g/mol. The molecule has 142 valence electrons. The second-order valence-electron chi connectivity index (χ2n) is 6.65. The maximum atomic E-state index is 12.4. The van der Waals surface area contributed by atoms with Crippen molar-refractivity contribution >= 4 is 23.3 Å². The quantitative estimate of drug-likeness (QED) is 0.715. The van der Waals surface area contributed by atoms with Crippen LogP contribution in [0.1, 0.15) is 22.8 Å². The van der Waals surface area contributed by atoms with Crippen molar-refractivity contribution in [3.8, 4) is 5.75 Å². The Hall–Kier alpha value is -2.37. The first kappa shape index (κ1) is 19.4. The number of Topliss-reactive ketones (excluding diaryl/α,β-unsaturated/α-hetero) is 1. The molecule has 1 saturated heterocycles. The maximum absolute atomic E-state index is 12.4. The van der Waals surface area contributed by atoms with Crippen LogP contribution in [0.2, 0.25) is 5.02 Å². The molecule has 0 unspecified atom stereocenters. The third-order valence-corrected chi connectivity index (χ3v) is 4.92. The molecule has 3 rings (SSSR count). The minimum Gasteiger partial charge on any atom is -0.484 e. The van der Waals surface area contributed by atoms with Crippen LogP contribution in [0.25, 0.3) is 0 Å². The van der Waals surface area contributed by atoms with Crippen LogP contribution >= 0.6 is 11.6 Å². The molecule has 1 aliphatic rings. The van der Waals surface area contributed by atoms with Crippen LogP contribution in [0.3, 0.4) is 0 Å².